The molecule has 0 aliphatic carbocycles. The summed E-state index contributed by atoms with van der Waals surface area (Å²) in [7, 11) is 0. The molecule has 0 fully saturated rings. The van der Waals surface area contributed by atoms with Crippen LogP contribution in [0.4, 0.5) is 11.6 Å². The number of hydrogen-bond acceptors (Lipinski definition) is 6. The van der Waals surface area contributed by atoms with Crippen molar-refractivity contribution in [2.75, 3.05) is 23.4 Å². The van der Waals surface area contributed by atoms with Gasteiger partial charge in [0.05, 0.1) is 6.04 Å². The fourth-order valence-electron chi connectivity index (χ4n) is 2.24. The third kappa shape index (κ3) is 4.11. The molecular weight excluding hydrogens is 300 g/mol. The average molecular weight is 323 g/mol. The molecule has 2 heterocycles. The van der Waals surface area contributed by atoms with Crippen LogP contribution in [-0.4, -0.2) is 22.8 Å². The zero-order valence-electron chi connectivity index (χ0n) is 13.2. The lowest BCUT2D eigenvalue weighted by Gasteiger charge is -2.16. The molecule has 2 rings (SSSR count). The Bertz CT molecular complexity index is 610. The van der Waals surface area contributed by atoms with Crippen LogP contribution in [0.3, 0.4) is 0 Å². The predicted octanol–water partition coefficient (Wildman–Crippen LogP) is 4.48. The molecule has 1 atom stereocenters. The number of anilines is 2. The third-order valence-corrected chi connectivity index (χ3v) is 4.69. The van der Waals surface area contributed by atoms with E-state index in [1.54, 1.807) is 11.8 Å². The van der Waals surface area contributed by atoms with Crippen molar-refractivity contribution in [1.29, 1.82) is 0 Å². The van der Waals surface area contributed by atoms with Crippen LogP contribution in [0, 0.1) is 13.8 Å². The van der Waals surface area contributed by atoms with Gasteiger partial charge in [-0.2, -0.15) is 0 Å². The number of aryl methyl sites for hydroxylation is 2. The number of nitrogens with one attached hydrogen (secondary N) is 2. The van der Waals surface area contributed by atoms with E-state index in [2.05, 4.69) is 54.4 Å². The topological polar surface area (TPSA) is 49.8 Å². The van der Waals surface area contributed by atoms with Gasteiger partial charge < -0.3 is 10.6 Å². The Balaban J connectivity index is 2.21. The third-order valence-electron chi connectivity index (χ3n) is 3.16. The summed E-state index contributed by atoms with van der Waals surface area (Å²) >= 11 is 3.39. The van der Waals surface area contributed by atoms with Crippen molar-refractivity contribution in [3.8, 4) is 0 Å². The molecule has 0 bridgehead atoms. The molecule has 2 aromatic rings. The van der Waals surface area contributed by atoms with Gasteiger partial charge in [-0.15, -0.1) is 11.3 Å². The Kier molecular flexibility index (Phi) is 5.47. The fraction of sp³-hybridized carbons (Fsp3) is 0.467. The van der Waals surface area contributed by atoms with Crippen LogP contribution in [0.25, 0.3) is 0 Å². The van der Waals surface area contributed by atoms with Gasteiger partial charge in [0.1, 0.15) is 11.6 Å². The van der Waals surface area contributed by atoms with Crippen LogP contribution < -0.4 is 10.6 Å². The molecule has 6 heteroatoms. The van der Waals surface area contributed by atoms with Crippen LogP contribution in [0.5, 0.6) is 0 Å². The Morgan fingerprint density at radius 2 is 1.95 bits per heavy atom. The highest BCUT2D eigenvalue weighted by Gasteiger charge is 2.13. The standard InChI is InChI=1S/C15H22N4S2/c1-6-16-13-8-14(19-15(18-13)20-5)17-10(3)12-7-9(2)21-11(12)4/h7-8,10H,6H2,1-5H3,(H2,16,17,18,19). The van der Waals surface area contributed by atoms with Crippen molar-refractivity contribution in [3.05, 3.63) is 27.5 Å². The van der Waals surface area contributed by atoms with Gasteiger partial charge in [0, 0.05) is 22.4 Å². The molecule has 1 unspecified atom stereocenters. The number of nitrogens with zero attached hydrogens (tertiary/aromatic N) is 2. The van der Waals surface area contributed by atoms with Crippen molar-refractivity contribution < 1.29 is 0 Å². The molecule has 0 saturated heterocycles. The van der Waals surface area contributed by atoms with E-state index in [1.807, 2.05) is 23.7 Å². The molecule has 2 aromatic heterocycles. The summed E-state index contributed by atoms with van der Waals surface area (Å²) in [6, 6.07) is 4.45. The minimum Gasteiger partial charge on any atom is -0.370 e. The SMILES string of the molecule is CCNc1cc(NC(C)c2cc(C)sc2C)nc(SC)n1. The van der Waals surface area contributed by atoms with Gasteiger partial charge in [-0.3, -0.25) is 0 Å². The van der Waals surface area contributed by atoms with Crippen LogP contribution in [0.2, 0.25) is 0 Å². The van der Waals surface area contributed by atoms with Crippen LogP contribution in [-0.2, 0) is 0 Å². The lowest BCUT2D eigenvalue weighted by atomic mass is 10.1. The second kappa shape index (κ2) is 7.13. The molecule has 2 N–H and O–H groups in total. The molecule has 0 saturated carbocycles. The van der Waals surface area contributed by atoms with Crippen molar-refractivity contribution in [3.63, 3.8) is 0 Å². The first kappa shape index (κ1) is 16.1. The summed E-state index contributed by atoms with van der Waals surface area (Å²) in [6.07, 6.45) is 1.99. The predicted molar refractivity (Wildman–Crippen MR) is 93.8 cm³/mol. The smallest absolute Gasteiger partial charge is 0.191 e. The molecular formula is C15H22N4S2. The fourth-order valence-corrected chi connectivity index (χ4v) is 3.64. The number of thiophene rings is 1. The summed E-state index contributed by atoms with van der Waals surface area (Å²) in [5.41, 5.74) is 1.34. The molecule has 114 valence electrons. The maximum atomic E-state index is 4.54. The van der Waals surface area contributed by atoms with E-state index < -0.39 is 0 Å². The summed E-state index contributed by atoms with van der Waals surface area (Å²) in [6.45, 7) is 9.40. The van der Waals surface area contributed by atoms with E-state index >= 15 is 0 Å². The monoisotopic (exact) mass is 322 g/mol. The second-order valence-corrected chi connectivity index (χ2v) is 7.12. The molecule has 0 radical (unpaired) electrons. The van der Waals surface area contributed by atoms with Gasteiger partial charge in [-0.05, 0) is 45.6 Å². The molecule has 0 aromatic carbocycles. The minimum absolute atomic E-state index is 0.231. The molecule has 0 aliphatic rings. The molecule has 21 heavy (non-hydrogen) atoms. The van der Waals surface area contributed by atoms with Crippen molar-refractivity contribution in [2.24, 2.45) is 0 Å². The van der Waals surface area contributed by atoms with E-state index in [4.69, 9.17) is 0 Å². The number of aromatic nitrogens is 2. The first-order valence-electron chi connectivity index (χ1n) is 7.04. The Labute approximate surface area is 134 Å². The normalized spacial score (nSPS) is 12.2. The summed E-state index contributed by atoms with van der Waals surface area (Å²) in [5.74, 6) is 1.73. The van der Waals surface area contributed by atoms with Crippen LogP contribution >= 0.6 is 23.1 Å². The zero-order valence-corrected chi connectivity index (χ0v) is 14.8. The van der Waals surface area contributed by atoms with E-state index in [0.29, 0.717) is 0 Å². The highest BCUT2D eigenvalue weighted by atomic mass is 32.2. The van der Waals surface area contributed by atoms with E-state index in [0.717, 1.165) is 23.3 Å². The van der Waals surface area contributed by atoms with E-state index in [1.165, 1.54) is 15.3 Å². The van der Waals surface area contributed by atoms with E-state index in [9.17, 15) is 0 Å². The van der Waals surface area contributed by atoms with Crippen molar-refractivity contribution >= 4 is 34.7 Å². The highest BCUT2D eigenvalue weighted by Crippen LogP contribution is 2.29. The van der Waals surface area contributed by atoms with Gasteiger partial charge >= 0.3 is 0 Å². The Hall–Kier alpha value is -1.27. The lowest BCUT2D eigenvalue weighted by molar-refractivity contribution is 0.853. The number of thioether (sulfide) groups is 1. The first-order valence-corrected chi connectivity index (χ1v) is 9.08. The van der Waals surface area contributed by atoms with Gasteiger partial charge in [0.2, 0.25) is 0 Å². The minimum atomic E-state index is 0.231. The maximum Gasteiger partial charge on any atom is 0.191 e. The van der Waals surface area contributed by atoms with Crippen LogP contribution in [0.1, 0.15) is 35.2 Å². The molecule has 0 spiro atoms. The summed E-state index contributed by atoms with van der Waals surface area (Å²) < 4.78 is 0. The average Bonchev–Trinajstić information content (AvgIpc) is 2.78. The number of hydrogen-bond donors (Lipinski definition) is 2. The van der Waals surface area contributed by atoms with Crippen molar-refractivity contribution in [2.45, 2.75) is 38.9 Å². The Morgan fingerprint density at radius 3 is 2.52 bits per heavy atom. The quantitative estimate of drug-likeness (QED) is 0.606. The largest absolute Gasteiger partial charge is 0.370 e. The highest BCUT2D eigenvalue weighted by molar-refractivity contribution is 7.98. The van der Waals surface area contributed by atoms with Gasteiger partial charge in [0.25, 0.3) is 0 Å². The number of rotatable bonds is 6. The summed E-state index contributed by atoms with van der Waals surface area (Å²) in [4.78, 5) is 11.7. The molecule has 0 amide bonds. The summed E-state index contributed by atoms with van der Waals surface area (Å²) in [5, 5.41) is 7.52. The first-order chi connectivity index (χ1) is 10.0. The second-order valence-electron chi connectivity index (χ2n) is 4.89. The molecule has 0 aliphatic heterocycles. The van der Waals surface area contributed by atoms with Gasteiger partial charge in [0.15, 0.2) is 5.16 Å². The lowest BCUT2D eigenvalue weighted by Crippen LogP contribution is -2.10. The van der Waals surface area contributed by atoms with E-state index in [-0.39, 0.29) is 6.04 Å². The Morgan fingerprint density at radius 1 is 1.24 bits per heavy atom. The zero-order chi connectivity index (χ0) is 15.4. The molecule has 4 nitrogen and oxygen atoms in total. The maximum absolute atomic E-state index is 4.54. The van der Waals surface area contributed by atoms with Crippen LogP contribution in [0.15, 0.2) is 17.3 Å². The van der Waals surface area contributed by atoms with Gasteiger partial charge in [-0.25, -0.2) is 9.97 Å². The van der Waals surface area contributed by atoms with Crippen molar-refractivity contribution in [1.82, 2.24) is 9.97 Å². The van der Waals surface area contributed by atoms with Gasteiger partial charge in [-0.1, -0.05) is 11.8 Å².